The highest BCUT2D eigenvalue weighted by molar-refractivity contribution is 9.10. The molecule has 0 aliphatic carbocycles. The van der Waals surface area contributed by atoms with E-state index in [-0.39, 0.29) is 6.10 Å². The van der Waals surface area contributed by atoms with Crippen molar-refractivity contribution < 1.29 is 9.47 Å². The number of benzene rings is 2. The van der Waals surface area contributed by atoms with Gasteiger partial charge in [0.25, 0.3) is 0 Å². The summed E-state index contributed by atoms with van der Waals surface area (Å²) in [6.45, 7) is 4.33. The average molecular weight is 338 g/mol. The third kappa shape index (κ3) is 3.72. The Morgan fingerprint density at radius 1 is 1.20 bits per heavy atom. The molecule has 4 heteroatoms. The third-order valence-electron chi connectivity index (χ3n) is 3.10. The van der Waals surface area contributed by atoms with Gasteiger partial charge in [-0.3, -0.25) is 0 Å². The van der Waals surface area contributed by atoms with Crippen molar-refractivity contribution in [2.75, 3.05) is 26.8 Å². The van der Waals surface area contributed by atoms with Crippen LogP contribution in [0.15, 0.2) is 40.9 Å². The van der Waals surface area contributed by atoms with Crippen molar-refractivity contribution in [3.05, 3.63) is 40.9 Å². The van der Waals surface area contributed by atoms with Crippen molar-refractivity contribution in [1.29, 1.82) is 0 Å². The Labute approximate surface area is 128 Å². The number of hydrogen-bond donors (Lipinski definition) is 1. The molecular formula is C16H20BrNO2. The van der Waals surface area contributed by atoms with Crippen LogP contribution in [0.2, 0.25) is 0 Å². The largest absolute Gasteiger partial charge is 0.485 e. The fourth-order valence-electron chi connectivity index (χ4n) is 2.11. The van der Waals surface area contributed by atoms with Crippen LogP contribution in [-0.4, -0.2) is 32.9 Å². The molecule has 0 fully saturated rings. The van der Waals surface area contributed by atoms with Crippen molar-refractivity contribution in [1.82, 2.24) is 5.32 Å². The van der Waals surface area contributed by atoms with Crippen LogP contribution in [0.1, 0.15) is 6.92 Å². The highest BCUT2D eigenvalue weighted by Gasteiger charge is 2.13. The van der Waals surface area contributed by atoms with Gasteiger partial charge in [-0.25, -0.2) is 0 Å². The SMILES string of the molecule is CCNCC(COC)Oc1ccc2ccccc2c1Br. The topological polar surface area (TPSA) is 30.5 Å². The monoisotopic (exact) mass is 337 g/mol. The molecule has 20 heavy (non-hydrogen) atoms. The minimum absolute atomic E-state index is 0.00240. The Kier molecular flexibility index (Phi) is 5.83. The van der Waals surface area contributed by atoms with Crippen molar-refractivity contribution in [3.8, 4) is 5.75 Å². The Hall–Kier alpha value is -1.10. The first kappa shape index (κ1) is 15.3. The molecule has 2 rings (SSSR count). The predicted molar refractivity (Wildman–Crippen MR) is 86.5 cm³/mol. The molecule has 0 heterocycles. The van der Waals surface area contributed by atoms with Crippen molar-refractivity contribution in [3.63, 3.8) is 0 Å². The quantitative estimate of drug-likeness (QED) is 0.837. The summed E-state index contributed by atoms with van der Waals surface area (Å²) in [6, 6.07) is 12.3. The molecule has 1 atom stereocenters. The zero-order valence-corrected chi connectivity index (χ0v) is 13.4. The molecule has 0 spiro atoms. The van der Waals surface area contributed by atoms with Crippen molar-refractivity contribution >= 4 is 26.7 Å². The van der Waals surface area contributed by atoms with Gasteiger partial charge in [0.2, 0.25) is 0 Å². The summed E-state index contributed by atoms with van der Waals surface area (Å²) < 4.78 is 12.3. The summed E-state index contributed by atoms with van der Waals surface area (Å²) in [6.07, 6.45) is -0.00240. The number of rotatable bonds is 7. The molecule has 0 saturated carbocycles. The van der Waals surface area contributed by atoms with Gasteiger partial charge in [0, 0.05) is 13.7 Å². The predicted octanol–water partition coefficient (Wildman–Crippen LogP) is 3.61. The maximum Gasteiger partial charge on any atom is 0.134 e. The molecule has 1 N–H and O–H groups in total. The smallest absolute Gasteiger partial charge is 0.134 e. The number of hydrogen-bond acceptors (Lipinski definition) is 3. The van der Waals surface area contributed by atoms with E-state index in [2.05, 4.69) is 46.4 Å². The molecule has 0 amide bonds. The van der Waals surface area contributed by atoms with Crippen LogP contribution < -0.4 is 10.1 Å². The van der Waals surface area contributed by atoms with E-state index in [1.165, 1.54) is 5.39 Å². The Morgan fingerprint density at radius 2 is 2.00 bits per heavy atom. The fourth-order valence-corrected chi connectivity index (χ4v) is 2.70. The summed E-state index contributed by atoms with van der Waals surface area (Å²) in [7, 11) is 1.69. The molecule has 0 aliphatic heterocycles. The van der Waals surface area contributed by atoms with Gasteiger partial charge in [0.15, 0.2) is 0 Å². The van der Waals surface area contributed by atoms with Gasteiger partial charge in [0.1, 0.15) is 11.9 Å². The standard InChI is InChI=1S/C16H20BrNO2/c1-3-18-10-13(11-19-2)20-15-9-8-12-6-4-5-7-14(12)16(15)17/h4-9,13,18H,3,10-11H2,1-2H3. The highest BCUT2D eigenvalue weighted by Crippen LogP contribution is 2.33. The van der Waals surface area contributed by atoms with Gasteiger partial charge >= 0.3 is 0 Å². The van der Waals surface area contributed by atoms with E-state index < -0.39 is 0 Å². The molecule has 2 aromatic carbocycles. The summed E-state index contributed by atoms with van der Waals surface area (Å²) in [5, 5.41) is 5.64. The maximum atomic E-state index is 6.06. The maximum absolute atomic E-state index is 6.06. The van der Waals surface area contributed by atoms with Crippen LogP contribution >= 0.6 is 15.9 Å². The first-order chi connectivity index (χ1) is 9.76. The molecule has 0 radical (unpaired) electrons. The second-order valence-electron chi connectivity index (χ2n) is 4.60. The number of nitrogens with one attached hydrogen (secondary N) is 1. The van der Waals surface area contributed by atoms with Crippen LogP contribution in [-0.2, 0) is 4.74 Å². The van der Waals surface area contributed by atoms with Crippen LogP contribution in [0.5, 0.6) is 5.75 Å². The second kappa shape index (κ2) is 7.62. The van der Waals surface area contributed by atoms with Gasteiger partial charge in [-0.2, -0.15) is 0 Å². The fraction of sp³-hybridized carbons (Fsp3) is 0.375. The van der Waals surface area contributed by atoms with Crippen LogP contribution in [0.4, 0.5) is 0 Å². The average Bonchev–Trinajstić information content (AvgIpc) is 2.48. The summed E-state index contributed by atoms with van der Waals surface area (Å²) in [4.78, 5) is 0. The summed E-state index contributed by atoms with van der Waals surface area (Å²) >= 11 is 3.64. The molecule has 0 aliphatic rings. The lowest BCUT2D eigenvalue weighted by molar-refractivity contribution is 0.0806. The normalized spacial score (nSPS) is 12.6. The second-order valence-corrected chi connectivity index (χ2v) is 5.39. The summed E-state index contributed by atoms with van der Waals surface area (Å²) in [5.41, 5.74) is 0. The zero-order valence-electron chi connectivity index (χ0n) is 11.9. The minimum atomic E-state index is -0.00240. The lowest BCUT2D eigenvalue weighted by atomic mass is 10.1. The van der Waals surface area contributed by atoms with E-state index in [1.807, 2.05) is 18.2 Å². The van der Waals surface area contributed by atoms with Gasteiger partial charge in [-0.15, -0.1) is 0 Å². The van der Waals surface area contributed by atoms with Crippen molar-refractivity contribution in [2.24, 2.45) is 0 Å². The first-order valence-electron chi connectivity index (χ1n) is 6.79. The summed E-state index contributed by atoms with van der Waals surface area (Å²) in [5.74, 6) is 0.851. The lowest BCUT2D eigenvalue weighted by Gasteiger charge is -2.20. The van der Waals surface area contributed by atoms with Crippen LogP contribution in [0.3, 0.4) is 0 Å². The molecule has 1 unspecified atom stereocenters. The van der Waals surface area contributed by atoms with E-state index >= 15 is 0 Å². The van der Waals surface area contributed by atoms with Gasteiger partial charge < -0.3 is 14.8 Å². The molecular weight excluding hydrogens is 318 g/mol. The number of methoxy groups -OCH3 is 1. The third-order valence-corrected chi connectivity index (χ3v) is 3.91. The van der Waals surface area contributed by atoms with Crippen LogP contribution in [0, 0.1) is 0 Å². The number of fused-ring (bicyclic) bond motifs is 1. The Balaban J connectivity index is 2.20. The molecule has 3 nitrogen and oxygen atoms in total. The molecule has 2 aromatic rings. The van der Waals surface area contributed by atoms with Crippen molar-refractivity contribution in [2.45, 2.75) is 13.0 Å². The number of ether oxygens (including phenoxy) is 2. The van der Waals surface area contributed by atoms with Gasteiger partial charge in [-0.1, -0.05) is 37.3 Å². The first-order valence-corrected chi connectivity index (χ1v) is 7.59. The van der Waals surface area contributed by atoms with Gasteiger partial charge in [-0.05, 0) is 39.3 Å². The Bertz CT molecular complexity index is 559. The molecule has 108 valence electrons. The van der Waals surface area contributed by atoms with E-state index in [9.17, 15) is 0 Å². The molecule has 0 saturated heterocycles. The molecule has 0 bridgehead atoms. The van der Waals surface area contributed by atoms with Crippen LogP contribution in [0.25, 0.3) is 10.8 Å². The molecule has 0 aromatic heterocycles. The lowest BCUT2D eigenvalue weighted by Crippen LogP contribution is -2.34. The minimum Gasteiger partial charge on any atom is -0.485 e. The highest BCUT2D eigenvalue weighted by atomic mass is 79.9. The number of likely N-dealkylation sites (N-methyl/N-ethyl adjacent to an activating group) is 1. The van der Waals surface area contributed by atoms with Gasteiger partial charge in [0.05, 0.1) is 11.1 Å². The van der Waals surface area contributed by atoms with E-state index in [4.69, 9.17) is 9.47 Å². The van der Waals surface area contributed by atoms with E-state index in [0.29, 0.717) is 6.61 Å². The number of halogens is 1. The Morgan fingerprint density at radius 3 is 2.75 bits per heavy atom. The van der Waals surface area contributed by atoms with E-state index in [1.54, 1.807) is 7.11 Å². The zero-order chi connectivity index (χ0) is 14.4. The van der Waals surface area contributed by atoms with E-state index in [0.717, 1.165) is 28.7 Å².